The van der Waals surface area contributed by atoms with E-state index in [9.17, 15) is 10.1 Å². The van der Waals surface area contributed by atoms with Crippen LogP contribution in [0.1, 0.15) is 11.1 Å². The van der Waals surface area contributed by atoms with Crippen molar-refractivity contribution >= 4 is 28.9 Å². The Morgan fingerprint density at radius 3 is 2.60 bits per heavy atom. The molecule has 0 saturated heterocycles. The Balaban J connectivity index is 2.22. The molecule has 0 aromatic heterocycles. The van der Waals surface area contributed by atoms with Crippen LogP contribution < -0.4 is 4.74 Å². The maximum atomic E-state index is 10.9. The largest absolute Gasteiger partial charge is 0.482 e. The number of halogens is 2. The van der Waals surface area contributed by atoms with Crippen LogP contribution in [0, 0.1) is 17.0 Å². The Hall–Kier alpha value is -1.78. The van der Waals surface area contributed by atoms with Crippen molar-refractivity contribution in [3.8, 4) is 5.75 Å². The van der Waals surface area contributed by atoms with Crippen molar-refractivity contribution < 1.29 is 9.66 Å². The molecular formula is C14H11Cl2NO3. The third kappa shape index (κ3) is 3.40. The standard InChI is InChI=1S/C14H11Cl2NO3/c1-9-2-3-10(12(16)6-9)8-20-14-7-11(15)4-5-13(14)17(18)19/h2-7H,8H2,1H3. The van der Waals surface area contributed by atoms with Crippen molar-refractivity contribution in [2.24, 2.45) is 0 Å². The molecule has 2 rings (SSSR count). The summed E-state index contributed by atoms with van der Waals surface area (Å²) in [5, 5.41) is 11.9. The highest BCUT2D eigenvalue weighted by atomic mass is 35.5. The first kappa shape index (κ1) is 14.6. The van der Waals surface area contributed by atoms with Crippen molar-refractivity contribution in [1.29, 1.82) is 0 Å². The first-order chi connectivity index (χ1) is 9.47. The van der Waals surface area contributed by atoms with Gasteiger partial charge in [-0.25, -0.2) is 0 Å². The molecule has 0 aliphatic rings. The van der Waals surface area contributed by atoms with Gasteiger partial charge in [0.1, 0.15) is 6.61 Å². The lowest BCUT2D eigenvalue weighted by Crippen LogP contribution is -2.00. The Bertz CT molecular complexity index is 659. The number of ether oxygens (including phenoxy) is 1. The number of aryl methyl sites for hydroxylation is 1. The molecule has 2 aromatic rings. The van der Waals surface area contributed by atoms with Crippen LogP contribution in [0.4, 0.5) is 5.69 Å². The van der Waals surface area contributed by atoms with Gasteiger partial charge in [0.15, 0.2) is 5.75 Å². The summed E-state index contributed by atoms with van der Waals surface area (Å²) in [7, 11) is 0. The summed E-state index contributed by atoms with van der Waals surface area (Å²) in [6.07, 6.45) is 0. The highest BCUT2D eigenvalue weighted by molar-refractivity contribution is 6.31. The molecule has 0 bridgehead atoms. The van der Waals surface area contributed by atoms with Gasteiger partial charge < -0.3 is 4.74 Å². The van der Waals surface area contributed by atoms with Crippen LogP contribution >= 0.6 is 23.2 Å². The molecule has 104 valence electrons. The van der Waals surface area contributed by atoms with Crippen LogP contribution in [0.15, 0.2) is 36.4 Å². The Labute approximate surface area is 126 Å². The molecule has 0 aliphatic heterocycles. The van der Waals surface area contributed by atoms with Crippen LogP contribution in [0.25, 0.3) is 0 Å². The van der Waals surface area contributed by atoms with Crippen LogP contribution in [0.5, 0.6) is 5.75 Å². The van der Waals surface area contributed by atoms with E-state index in [1.807, 2.05) is 25.1 Å². The third-order valence-corrected chi connectivity index (χ3v) is 3.30. The van der Waals surface area contributed by atoms with Crippen LogP contribution in [-0.4, -0.2) is 4.92 Å². The second-order valence-corrected chi connectivity index (χ2v) is 5.10. The molecule has 2 aromatic carbocycles. The molecule has 0 unspecified atom stereocenters. The van der Waals surface area contributed by atoms with E-state index in [1.165, 1.54) is 18.2 Å². The summed E-state index contributed by atoms with van der Waals surface area (Å²) in [5.74, 6) is 0.124. The number of benzene rings is 2. The second kappa shape index (κ2) is 6.11. The summed E-state index contributed by atoms with van der Waals surface area (Å²) in [4.78, 5) is 10.4. The molecule has 0 atom stereocenters. The molecule has 0 spiro atoms. The number of nitrogens with zero attached hydrogens (tertiary/aromatic N) is 1. The van der Waals surface area contributed by atoms with Crippen molar-refractivity contribution in [3.05, 3.63) is 67.7 Å². The first-order valence-electron chi connectivity index (χ1n) is 5.79. The van der Waals surface area contributed by atoms with Gasteiger partial charge in [-0.1, -0.05) is 35.3 Å². The molecule has 0 saturated carbocycles. The number of hydrogen-bond acceptors (Lipinski definition) is 3. The summed E-state index contributed by atoms with van der Waals surface area (Å²) in [6, 6.07) is 9.72. The molecule has 0 N–H and O–H groups in total. The van der Waals surface area contributed by atoms with E-state index in [2.05, 4.69) is 0 Å². The lowest BCUT2D eigenvalue weighted by atomic mass is 10.1. The molecule has 0 fully saturated rings. The average Bonchev–Trinajstić information content (AvgIpc) is 2.37. The third-order valence-electron chi connectivity index (χ3n) is 2.71. The van der Waals surface area contributed by atoms with E-state index in [-0.39, 0.29) is 18.0 Å². The SMILES string of the molecule is Cc1ccc(COc2cc(Cl)ccc2[N+](=O)[O-])c(Cl)c1. The number of rotatable bonds is 4. The molecule has 4 nitrogen and oxygen atoms in total. The predicted molar refractivity (Wildman–Crippen MR) is 78.6 cm³/mol. The zero-order chi connectivity index (χ0) is 14.7. The molecule has 0 radical (unpaired) electrons. The minimum atomic E-state index is -0.511. The maximum Gasteiger partial charge on any atom is 0.311 e. The molecule has 20 heavy (non-hydrogen) atoms. The minimum Gasteiger partial charge on any atom is -0.482 e. The predicted octanol–water partition coefficient (Wildman–Crippen LogP) is 4.79. The fourth-order valence-corrected chi connectivity index (χ4v) is 2.13. The average molecular weight is 312 g/mol. The molecule has 0 heterocycles. The van der Waals surface area contributed by atoms with Crippen molar-refractivity contribution in [1.82, 2.24) is 0 Å². The second-order valence-electron chi connectivity index (χ2n) is 4.25. The quantitative estimate of drug-likeness (QED) is 0.602. The highest BCUT2D eigenvalue weighted by Crippen LogP contribution is 2.31. The van der Waals surface area contributed by atoms with Gasteiger partial charge in [-0.05, 0) is 24.6 Å². The normalized spacial score (nSPS) is 10.3. The Morgan fingerprint density at radius 1 is 1.20 bits per heavy atom. The Kier molecular flexibility index (Phi) is 4.47. The summed E-state index contributed by atoms with van der Waals surface area (Å²) < 4.78 is 5.48. The molecule has 0 amide bonds. The Morgan fingerprint density at radius 2 is 1.95 bits per heavy atom. The summed E-state index contributed by atoms with van der Waals surface area (Å²) in [5.41, 5.74) is 1.66. The van der Waals surface area contributed by atoms with Crippen molar-refractivity contribution in [3.63, 3.8) is 0 Å². The van der Waals surface area contributed by atoms with Gasteiger partial charge in [0.05, 0.1) is 4.92 Å². The molecule has 6 heteroatoms. The smallest absolute Gasteiger partial charge is 0.311 e. The van der Waals surface area contributed by atoms with Crippen LogP contribution in [0.2, 0.25) is 10.0 Å². The fourth-order valence-electron chi connectivity index (χ4n) is 1.68. The van der Waals surface area contributed by atoms with Gasteiger partial charge in [0.2, 0.25) is 0 Å². The van der Waals surface area contributed by atoms with E-state index in [4.69, 9.17) is 27.9 Å². The topological polar surface area (TPSA) is 52.4 Å². The van der Waals surface area contributed by atoms with Gasteiger partial charge >= 0.3 is 5.69 Å². The van der Waals surface area contributed by atoms with E-state index in [0.717, 1.165) is 11.1 Å². The fraction of sp³-hybridized carbons (Fsp3) is 0.143. The van der Waals surface area contributed by atoms with E-state index >= 15 is 0 Å². The van der Waals surface area contributed by atoms with Crippen LogP contribution in [-0.2, 0) is 6.61 Å². The van der Waals surface area contributed by atoms with Crippen molar-refractivity contribution in [2.75, 3.05) is 0 Å². The molecule has 0 aliphatic carbocycles. The van der Waals surface area contributed by atoms with E-state index in [1.54, 1.807) is 0 Å². The van der Waals surface area contributed by atoms with Gasteiger partial charge in [0, 0.05) is 27.7 Å². The van der Waals surface area contributed by atoms with Gasteiger partial charge in [-0.3, -0.25) is 10.1 Å². The zero-order valence-electron chi connectivity index (χ0n) is 10.6. The number of nitro benzene ring substituents is 1. The van der Waals surface area contributed by atoms with Crippen molar-refractivity contribution in [2.45, 2.75) is 13.5 Å². The first-order valence-corrected chi connectivity index (χ1v) is 6.55. The van der Waals surface area contributed by atoms with Gasteiger partial charge in [0.25, 0.3) is 0 Å². The lowest BCUT2D eigenvalue weighted by molar-refractivity contribution is -0.385. The molecular weight excluding hydrogens is 301 g/mol. The van der Waals surface area contributed by atoms with Gasteiger partial charge in [-0.2, -0.15) is 0 Å². The van der Waals surface area contributed by atoms with E-state index in [0.29, 0.717) is 10.0 Å². The zero-order valence-corrected chi connectivity index (χ0v) is 12.1. The maximum absolute atomic E-state index is 10.9. The lowest BCUT2D eigenvalue weighted by Gasteiger charge is -2.09. The highest BCUT2D eigenvalue weighted by Gasteiger charge is 2.15. The van der Waals surface area contributed by atoms with Crippen LogP contribution in [0.3, 0.4) is 0 Å². The summed E-state index contributed by atoms with van der Waals surface area (Å²) in [6.45, 7) is 2.07. The van der Waals surface area contributed by atoms with Gasteiger partial charge in [-0.15, -0.1) is 0 Å². The van der Waals surface area contributed by atoms with E-state index < -0.39 is 4.92 Å². The monoisotopic (exact) mass is 311 g/mol. The summed E-state index contributed by atoms with van der Waals surface area (Å²) >= 11 is 11.9. The minimum absolute atomic E-state index is 0.124. The number of nitro groups is 1. The number of hydrogen-bond donors (Lipinski definition) is 0.